The summed E-state index contributed by atoms with van der Waals surface area (Å²) >= 11 is 0. The lowest BCUT2D eigenvalue weighted by Gasteiger charge is -2.12. The molecule has 0 aliphatic carbocycles. The van der Waals surface area contributed by atoms with Gasteiger partial charge in [-0.3, -0.25) is 5.11 Å². The van der Waals surface area contributed by atoms with Gasteiger partial charge in [-0.05, 0) is 48.1 Å². The number of halogens is 4. The minimum absolute atomic E-state index is 0.0696. The first-order chi connectivity index (χ1) is 13.8. The zero-order valence-corrected chi connectivity index (χ0v) is 15.5. The Balaban J connectivity index is 1.95. The highest BCUT2D eigenvalue weighted by atomic mass is 19.1. The van der Waals surface area contributed by atoms with Crippen LogP contribution in [0, 0.1) is 34.6 Å². The van der Waals surface area contributed by atoms with E-state index in [2.05, 4.69) is 0 Å². The fourth-order valence-electron chi connectivity index (χ4n) is 3.19. The van der Waals surface area contributed by atoms with Crippen molar-refractivity contribution in [1.29, 1.82) is 5.26 Å². The van der Waals surface area contributed by atoms with Crippen molar-refractivity contribution in [2.24, 2.45) is 0 Å². The maximum atomic E-state index is 15.0. The zero-order valence-electron chi connectivity index (χ0n) is 15.5. The van der Waals surface area contributed by atoms with Gasteiger partial charge in [-0.1, -0.05) is 31.2 Å². The monoisotopic (exact) mass is 398 g/mol. The number of benzene rings is 3. The average molecular weight is 398 g/mol. The molecule has 0 heterocycles. The van der Waals surface area contributed by atoms with Crippen LogP contribution in [0.3, 0.4) is 0 Å². The first kappa shape index (κ1) is 20.4. The van der Waals surface area contributed by atoms with Crippen LogP contribution in [0.15, 0.2) is 42.5 Å². The molecule has 0 spiro atoms. The van der Waals surface area contributed by atoms with Gasteiger partial charge in [0.15, 0.2) is 5.75 Å². The predicted octanol–water partition coefficient (Wildman–Crippen LogP) is 6.27. The summed E-state index contributed by atoms with van der Waals surface area (Å²) in [5.41, 5.74) is 0.221. The molecule has 0 unspecified atom stereocenters. The van der Waals surface area contributed by atoms with Crippen molar-refractivity contribution in [3.63, 3.8) is 0 Å². The van der Waals surface area contributed by atoms with E-state index in [4.69, 9.17) is 5.26 Å². The molecule has 0 aromatic heterocycles. The Morgan fingerprint density at radius 3 is 2.03 bits per heavy atom. The van der Waals surface area contributed by atoms with Gasteiger partial charge in [0.05, 0.1) is 5.56 Å². The van der Waals surface area contributed by atoms with Gasteiger partial charge in [-0.25, -0.2) is 17.6 Å². The second-order valence-corrected chi connectivity index (χ2v) is 6.62. The van der Waals surface area contributed by atoms with Gasteiger partial charge in [-0.2, -0.15) is 5.26 Å². The van der Waals surface area contributed by atoms with Crippen LogP contribution < -0.4 is 0 Å². The van der Waals surface area contributed by atoms with E-state index in [1.165, 1.54) is 6.07 Å². The Labute approximate surface area is 165 Å². The number of nitriles is 1. The quantitative estimate of drug-likeness (QED) is 0.467. The van der Waals surface area contributed by atoms with Gasteiger partial charge in [0.1, 0.15) is 34.9 Å². The summed E-state index contributed by atoms with van der Waals surface area (Å²) < 4.78 is 56.8. The molecule has 0 aliphatic heterocycles. The Morgan fingerprint density at radius 1 is 0.862 bits per heavy atom. The Hall–Kier alpha value is -3.33. The molecule has 0 saturated heterocycles. The van der Waals surface area contributed by atoms with Gasteiger partial charge in [0, 0.05) is 11.6 Å². The maximum Gasteiger partial charge on any atom is 0.192 e. The van der Waals surface area contributed by atoms with Gasteiger partial charge < -0.3 is 0 Å². The highest BCUT2D eigenvalue weighted by molar-refractivity contribution is 5.72. The molecule has 0 N–H and O–H groups in total. The first-order valence-corrected chi connectivity index (χ1v) is 9.00. The molecule has 6 heteroatoms. The molecule has 3 rings (SSSR count). The van der Waals surface area contributed by atoms with E-state index in [0.29, 0.717) is 5.56 Å². The van der Waals surface area contributed by atoms with Crippen LogP contribution in [0.25, 0.3) is 11.1 Å². The van der Waals surface area contributed by atoms with E-state index in [1.54, 1.807) is 24.3 Å². The predicted molar refractivity (Wildman–Crippen MR) is 99.8 cm³/mol. The second-order valence-electron chi connectivity index (χ2n) is 6.62. The van der Waals surface area contributed by atoms with Crippen molar-refractivity contribution in [1.82, 2.24) is 0 Å². The minimum atomic E-state index is -1.03. The Kier molecular flexibility index (Phi) is 5.88. The lowest BCUT2D eigenvalue weighted by molar-refractivity contribution is 0.350. The number of aryl methyl sites for hydroxylation is 2. The smallest absolute Gasteiger partial charge is 0.192 e. The molecule has 1 radical (unpaired) electrons. The van der Waals surface area contributed by atoms with Gasteiger partial charge >= 0.3 is 0 Å². The Morgan fingerprint density at radius 2 is 1.48 bits per heavy atom. The molecule has 147 valence electrons. The zero-order chi connectivity index (χ0) is 21.1. The van der Waals surface area contributed by atoms with Crippen LogP contribution in [0.4, 0.5) is 17.6 Å². The normalized spacial score (nSPS) is 10.8. The lowest BCUT2D eigenvalue weighted by Crippen LogP contribution is -2.03. The highest BCUT2D eigenvalue weighted by Gasteiger charge is 2.21. The van der Waals surface area contributed by atoms with Crippen molar-refractivity contribution >= 4 is 0 Å². The SMILES string of the molecule is CCc1ccc(-c2c([O])cc(F)c(CCc3cc(F)c(C#N)c(F)c3)c2F)cc1. The molecule has 29 heavy (non-hydrogen) atoms. The number of nitrogens with zero attached hydrogens (tertiary/aromatic N) is 1. The van der Waals surface area contributed by atoms with Crippen molar-refractivity contribution in [3.8, 4) is 22.9 Å². The van der Waals surface area contributed by atoms with Gasteiger partial charge in [0.2, 0.25) is 0 Å². The van der Waals surface area contributed by atoms with E-state index in [0.717, 1.165) is 30.2 Å². The number of hydrogen-bond donors (Lipinski definition) is 0. The van der Waals surface area contributed by atoms with Crippen LogP contribution in [0.2, 0.25) is 0 Å². The maximum absolute atomic E-state index is 15.0. The van der Waals surface area contributed by atoms with Crippen LogP contribution in [-0.2, 0) is 24.4 Å². The lowest BCUT2D eigenvalue weighted by atomic mass is 9.95. The van der Waals surface area contributed by atoms with Crippen LogP contribution >= 0.6 is 0 Å². The third-order valence-corrected chi connectivity index (χ3v) is 4.81. The third kappa shape index (κ3) is 4.09. The van der Waals surface area contributed by atoms with E-state index < -0.39 is 34.6 Å². The molecule has 2 nitrogen and oxygen atoms in total. The van der Waals surface area contributed by atoms with Crippen molar-refractivity contribution < 1.29 is 22.7 Å². The topological polar surface area (TPSA) is 43.7 Å². The van der Waals surface area contributed by atoms with E-state index in [-0.39, 0.29) is 29.5 Å². The molecule has 0 aliphatic rings. The largest absolute Gasteiger partial charge is 0.289 e. The molecule has 0 atom stereocenters. The highest BCUT2D eigenvalue weighted by Crippen LogP contribution is 2.36. The molecular formula is C23H16F4NO. The summed E-state index contributed by atoms with van der Waals surface area (Å²) in [5.74, 6) is -4.82. The molecule has 0 bridgehead atoms. The van der Waals surface area contributed by atoms with E-state index in [1.807, 2.05) is 6.92 Å². The molecule has 0 saturated carbocycles. The van der Waals surface area contributed by atoms with Gasteiger partial charge in [-0.15, -0.1) is 0 Å². The standard InChI is InChI=1S/C23H16F4NO/c1-2-13-3-6-15(7-4-13)22-21(29)11-20(26)16(23(22)27)8-5-14-9-18(24)17(12-28)19(25)10-14/h3-4,6-7,9-11H,2,5,8H2,1H3. The molecule has 3 aromatic carbocycles. The summed E-state index contributed by atoms with van der Waals surface area (Å²) in [5, 5.41) is 20.9. The van der Waals surface area contributed by atoms with Crippen LogP contribution in [0.5, 0.6) is 5.75 Å². The van der Waals surface area contributed by atoms with E-state index >= 15 is 4.39 Å². The van der Waals surface area contributed by atoms with Crippen LogP contribution in [0.1, 0.15) is 29.2 Å². The number of hydrogen-bond acceptors (Lipinski definition) is 1. The summed E-state index contributed by atoms with van der Waals surface area (Å²) in [6.45, 7) is 1.96. The van der Waals surface area contributed by atoms with Crippen molar-refractivity contribution in [2.45, 2.75) is 26.2 Å². The summed E-state index contributed by atoms with van der Waals surface area (Å²) in [6, 6.07) is 10.8. The van der Waals surface area contributed by atoms with Crippen molar-refractivity contribution in [2.75, 3.05) is 0 Å². The van der Waals surface area contributed by atoms with E-state index in [9.17, 15) is 18.3 Å². The third-order valence-electron chi connectivity index (χ3n) is 4.81. The second kappa shape index (κ2) is 8.36. The number of rotatable bonds is 5. The van der Waals surface area contributed by atoms with Crippen LogP contribution in [-0.4, -0.2) is 0 Å². The molecule has 3 aromatic rings. The van der Waals surface area contributed by atoms with Crippen molar-refractivity contribution in [3.05, 3.63) is 88.0 Å². The Bertz CT molecular complexity index is 1080. The molecule has 0 amide bonds. The summed E-state index contributed by atoms with van der Waals surface area (Å²) in [4.78, 5) is 0. The molecular weight excluding hydrogens is 382 g/mol. The fourth-order valence-corrected chi connectivity index (χ4v) is 3.19. The average Bonchev–Trinajstić information content (AvgIpc) is 2.68. The molecule has 0 fully saturated rings. The minimum Gasteiger partial charge on any atom is -0.289 e. The fraction of sp³-hybridized carbons (Fsp3) is 0.174. The first-order valence-electron chi connectivity index (χ1n) is 9.00. The summed E-state index contributed by atoms with van der Waals surface area (Å²) in [6.07, 6.45) is 0.502. The summed E-state index contributed by atoms with van der Waals surface area (Å²) in [7, 11) is 0. The van der Waals surface area contributed by atoms with Gasteiger partial charge in [0.25, 0.3) is 0 Å².